The van der Waals surface area contributed by atoms with Gasteiger partial charge in [-0.3, -0.25) is 0 Å². The molecule has 102 valence electrons. The van der Waals surface area contributed by atoms with Gasteiger partial charge in [-0.1, -0.05) is 26.0 Å². The van der Waals surface area contributed by atoms with Crippen LogP contribution in [0.5, 0.6) is 5.75 Å². The molecule has 0 aliphatic rings. The molecule has 1 unspecified atom stereocenters. The van der Waals surface area contributed by atoms with E-state index in [0.717, 1.165) is 24.3 Å². The Hall–Kier alpha value is -1.22. The fraction of sp³-hybridized carbons (Fsp3) is 0.600. The summed E-state index contributed by atoms with van der Waals surface area (Å²) in [6.45, 7) is 6.54. The number of aliphatic hydroxyl groups is 1. The van der Waals surface area contributed by atoms with Gasteiger partial charge in [0.1, 0.15) is 5.75 Å². The van der Waals surface area contributed by atoms with Gasteiger partial charge in [0.2, 0.25) is 0 Å². The lowest BCUT2D eigenvalue weighted by atomic mass is 9.92. The van der Waals surface area contributed by atoms with Crippen LogP contribution in [0, 0.1) is 5.92 Å². The van der Waals surface area contributed by atoms with Gasteiger partial charge in [-0.15, -0.1) is 0 Å². The summed E-state index contributed by atoms with van der Waals surface area (Å²) in [5.41, 5.74) is 0.624. The van der Waals surface area contributed by atoms with Crippen LogP contribution >= 0.6 is 0 Å². The van der Waals surface area contributed by atoms with Crippen molar-refractivity contribution in [3.63, 3.8) is 0 Å². The molecule has 1 rings (SSSR count). The zero-order valence-corrected chi connectivity index (χ0v) is 11.9. The molecule has 3 nitrogen and oxygen atoms in total. The molecule has 0 aromatic heterocycles. The number of hydrogen-bond donors (Lipinski definition) is 2. The van der Waals surface area contributed by atoms with Crippen molar-refractivity contribution in [3.8, 4) is 5.75 Å². The maximum absolute atomic E-state index is 9.62. The van der Waals surface area contributed by atoms with E-state index in [1.54, 1.807) is 7.11 Å². The van der Waals surface area contributed by atoms with Crippen LogP contribution in [0.1, 0.15) is 33.6 Å². The second kappa shape index (κ2) is 6.64. The lowest BCUT2D eigenvalue weighted by Crippen LogP contribution is -2.39. The molecule has 0 aliphatic heterocycles. The summed E-state index contributed by atoms with van der Waals surface area (Å²) in [6.07, 6.45) is 2.01. The third kappa shape index (κ3) is 4.22. The molecule has 1 atom stereocenters. The summed E-state index contributed by atoms with van der Waals surface area (Å²) < 4.78 is 5.32. The first-order valence-corrected chi connectivity index (χ1v) is 6.53. The zero-order valence-electron chi connectivity index (χ0n) is 11.9. The van der Waals surface area contributed by atoms with Crippen LogP contribution in [-0.4, -0.2) is 24.4 Å². The molecule has 0 fully saturated rings. The van der Waals surface area contributed by atoms with E-state index in [0.29, 0.717) is 5.92 Å². The first kappa shape index (κ1) is 14.8. The summed E-state index contributed by atoms with van der Waals surface area (Å²) in [6, 6.07) is 7.80. The number of aliphatic hydroxyl groups excluding tert-OH is 1. The van der Waals surface area contributed by atoms with Gasteiger partial charge in [0.15, 0.2) is 0 Å². The van der Waals surface area contributed by atoms with E-state index >= 15 is 0 Å². The molecule has 0 bridgehead atoms. The SMILES string of the molecule is COc1ccccc1NC(C)(CO)CCC(C)C. The van der Waals surface area contributed by atoms with Crippen molar-refractivity contribution in [1.82, 2.24) is 0 Å². The van der Waals surface area contributed by atoms with Crippen LogP contribution in [0.2, 0.25) is 0 Å². The van der Waals surface area contributed by atoms with Crippen molar-refractivity contribution in [2.24, 2.45) is 5.92 Å². The molecule has 0 spiro atoms. The zero-order chi connectivity index (χ0) is 13.6. The van der Waals surface area contributed by atoms with Gasteiger partial charge in [-0.05, 0) is 37.8 Å². The van der Waals surface area contributed by atoms with Crippen LogP contribution in [-0.2, 0) is 0 Å². The fourth-order valence-corrected chi connectivity index (χ4v) is 1.86. The maximum Gasteiger partial charge on any atom is 0.141 e. The van der Waals surface area contributed by atoms with Gasteiger partial charge in [-0.25, -0.2) is 0 Å². The number of hydrogen-bond acceptors (Lipinski definition) is 3. The Morgan fingerprint density at radius 3 is 2.56 bits per heavy atom. The maximum atomic E-state index is 9.62. The number of para-hydroxylation sites is 2. The minimum atomic E-state index is -0.307. The Labute approximate surface area is 110 Å². The summed E-state index contributed by atoms with van der Waals surface area (Å²) >= 11 is 0. The van der Waals surface area contributed by atoms with Crippen molar-refractivity contribution < 1.29 is 9.84 Å². The van der Waals surface area contributed by atoms with Crippen molar-refractivity contribution in [2.45, 2.75) is 39.2 Å². The summed E-state index contributed by atoms with van der Waals surface area (Å²) in [4.78, 5) is 0. The lowest BCUT2D eigenvalue weighted by molar-refractivity contribution is 0.208. The standard InChI is InChI=1S/C15H25NO2/c1-12(2)9-10-15(3,11-17)16-13-7-5-6-8-14(13)18-4/h5-8,12,16-17H,9-11H2,1-4H3. The lowest BCUT2D eigenvalue weighted by Gasteiger charge is -2.31. The minimum absolute atomic E-state index is 0.109. The molecule has 1 aromatic rings. The quantitative estimate of drug-likeness (QED) is 0.781. The molecule has 0 saturated heterocycles. The highest BCUT2D eigenvalue weighted by molar-refractivity contribution is 5.57. The van der Waals surface area contributed by atoms with Crippen LogP contribution < -0.4 is 10.1 Å². The van der Waals surface area contributed by atoms with Crippen LogP contribution in [0.25, 0.3) is 0 Å². The van der Waals surface area contributed by atoms with E-state index in [-0.39, 0.29) is 12.1 Å². The predicted octanol–water partition coefficient (Wildman–Crippen LogP) is 3.29. The topological polar surface area (TPSA) is 41.5 Å². The van der Waals surface area contributed by atoms with E-state index in [1.807, 2.05) is 31.2 Å². The number of benzene rings is 1. The molecular weight excluding hydrogens is 226 g/mol. The van der Waals surface area contributed by atoms with Crippen LogP contribution in [0.4, 0.5) is 5.69 Å². The Bertz CT molecular complexity index is 365. The van der Waals surface area contributed by atoms with Gasteiger partial charge in [0.05, 0.1) is 24.9 Å². The molecule has 2 N–H and O–H groups in total. The van der Waals surface area contributed by atoms with Gasteiger partial charge in [0, 0.05) is 0 Å². The summed E-state index contributed by atoms with van der Waals surface area (Å²) in [7, 11) is 1.66. The normalized spacial score (nSPS) is 14.3. The van der Waals surface area contributed by atoms with Gasteiger partial charge < -0.3 is 15.2 Å². The first-order chi connectivity index (χ1) is 8.50. The molecular formula is C15H25NO2. The van der Waals surface area contributed by atoms with E-state index in [2.05, 4.69) is 19.2 Å². The Kier molecular flexibility index (Phi) is 5.48. The Morgan fingerprint density at radius 2 is 2.00 bits per heavy atom. The van der Waals surface area contributed by atoms with Gasteiger partial charge >= 0.3 is 0 Å². The average Bonchev–Trinajstić information content (AvgIpc) is 2.37. The molecule has 0 radical (unpaired) electrons. The van der Waals surface area contributed by atoms with Crippen LogP contribution in [0.3, 0.4) is 0 Å². The number of anilines is 1. The molecule has 0 aliphatic carbocycles. The molecule has 0 amide bonds. The fourth-order valence-electron chi connectivity index (χ4n) is 1.86. The number of methoxy groups -OCH3 is 1. The van der Waals surface area contributed by atoms with Crippen molar-refractivity contribution in [2.75, 3.05) is 19.0 Å². The Morgan fingerprint density at radius 1 is 1.33 bits per heavy atom. The monoisotopic (exact) mass is 251 g/mol. The second-order valence-corrected chi connectivity index (χ2v) is 5.48. The largest absolute Gasteiger partial charge is 0.495 e. The average molecular weight is 251 g/mol. The highest BCUT2D eigenvalue weighted by atomic mass is 16.5. The third-order valence-corrected chi connectivity index (χ3v) is 3.17. The predicted molar refractivity (Wildman–Crippen MR) is 76.2 cm³/mol. The van der Waals surface area contributed by atoms with Gasteiger partial charge in [0.25, 0.3) is 0 Å². The van der Waals surface area contributed by atoms with Crippen molar-refractivity contribution in [1.29, 1.82) is 0 Å². The molecule has 3 heteroatoms. The summed E-state index contributed by atoms with van der Waals surface area (Å²) in [5.74, 6) is 1.44. The summed E-state index contributed by atoms with van der Waals surface area (Å²) in [5, 5.41) is 13.0. The molecule has 0 saturated carbocycles. The third-order valence-electron chi connectivity index (χ3n) is 3.17. The van der Waals surface area contributed by atoms with Crippen LogP contribution in [0.15, 0.2) is 24.3 Å². The number of nitrogens with one attached hydrogen (secondary N) is 1. The number of rotatable bonds is 7. The van der Waals surface area contributed by atoms with E-state index in [4.69, 9.17) is 4.74 Å². The van der Waals surface area contributed by atoms with E-state index < -0.39 is 0 Å². The highest BCUT2D eigenvalue weighted by Crippen LogP contribution is 2.28. The molecule has 18 heavy (non-hydrogen) atoms. The minimum Gasteiger partial charge on any atom is -0.495 e. The number of ether oxygens (including phenoxy) is 1. The van der Waals surface area contributed by atoms with Gasteiger partial charge in [-0.2, -0.15) is 0 Å². The van der Waals surface area contributed by atoms with Crippen molar-refractivity contribution >= 4 is 5.69 Å². The first-order valence-electron chi connectivity index (χ1n) is 6.53. The van der Waals surface area contributed by atoms with Crippen molar-refractivity contribution in [3.05, 3.63) is 24.3 Å². The van der Waals surface area contributed by atoms with E-state index in [1.165, 1.54) is 0 Å². The van der Waals surface area contributed by atoms with E-state index in [9.17, 15) is 5.11 Å². The smallest absolute Gasteiger partial charge is 0.141 e. The Balaban J connectivity index is 2.77. The molecule has 1 aromatic carbocycles. The highest BCUT2D eigenvalue weighted by Gasteiger charge is 2.24. The molecule has 0 heterocycles. The second-order valence-electron chi connectivity index (χ2n) is 5.48.